The van der Waals surface area contributed by atoms with Crippen LogP contribution in [0.15, 0.2) is 34.2 Å². The lowest BCUT2D eigenvalue weighted by Crippen LogP contribution is -2.29. The maximum Gasteiger partial charge on any atom is 0.292 e. The molecule has 1 amide bonds. The van der Waals surface area contributed by atoms with Crippen molar-refractivity contribution in [2.75, 3.05) is 24.7 Å². The van der Waals surface area contributed by atoms with Crippen LogP contribution in [-0.4, -0.2) is 40.1 Å². The van der Waals surface area contributed by atoms with E-state index in [1.165, 1.54) is 17.8 Å². The molecule has 0 fully saturated rings. The number of H-pyrrole nitrogens is 1. The number of benzene rings is 1. The lowest BCUT2D eigenvalue weighted by molar-refractivity contribution is -0.384. The number of carbonyl (C=O) groups excluding carboxylic acids is 1. The second-order valence-corrected chi connectivity index (χ2v) is 6.49. The third-order valence-electron chi connectivity index (χ3n) is 3.86. The van der Waals surface area contributed by atoms with Crippen LogP contribution in [0, 0.1) is 17.0 Å². The number of hydrogen-bond acceptors (Lipinski definition) is 7. The topological polar surface area (TPSA) is 130 Å². The van der Waals surface area contributed by atoms with Gasteiger partial charge in [0, 0.05) is 36.8 Å². The molecule has 1 heterocycles. The average Bonchev–Trinajstić information content (AvgIpc) is 2.64. The SMILES string of the molecule is CSc1nc(C)c(CCC(=O)NCCNc2ccccc2[N+](=O)[O-])c(=O)[nH]1. The van der Waals surface area contributed by atoms with Crippen molar-refractivity contribution in [2.24, 2.45) is 0 Å². The van der Waals surface area contributed by atoms with Gasteiger partial charge in [0.2, 0.25) is 5.91 Å². The van der Waals surface area contributed by atoms with Crippen LogP contribution in [0.5, 0.6) is 0 Å². The van der Waals surface area contributed by atoms with Gasteiger partial charge in [0.05, 0.1) is 4.92 Å². The highest BCUT2D eigenvalue weighted by Gasteiger charge is 2.12. The van der Waals surface area contributed by atoms with Crippen LogP contribution in [0.2, 0.25) is 0 Å². The van der Waals surface area contributed by atoms with Crippen LogP contribution in [0.1, 0.15) is 17.7 Å². The van der Waals surface area contributed by atoms with Crippen LogP contribution in [0.25, 0.3) is 0 Å². The molecular formula is C17H21N5O4S. The minimum absolute atomic E-state index is 0.0142. The van der Waals surface area contributed by atoms with Crippen LogP contribution in [0.4, 0.5) is 11.4 Å². The Labute approximate surface area is 160 Å². The zero-order chi connectivity index (χ0) is 19.8. The smallest absolute Gasteiger partial charge is 0.292 e. The molecule has 0 bridgehead atoms. The second-order valence-electron chi connectivity index (χ2n) is 5.69. The molecule has 0 atom stereocenters. The van der Waals surface area contributed by atoms with E-state index in [1.54, 1.807) is 25.1 Å². The molecule has 144 valence electrons. The molecule has 2 rings (SSSR count). The molecule has 0 saturated heterocycles. The molecule has 10 heteroatoms. The molecule has 0 aliphatic rings. The van der Waals surface area contributed by atoms with E-state index in [-0.39, 0.29) is 23.6 Å². The van der Waals surface area contributed by atoms with Gasteiger partial charge in [-0.25, -0.2) is 4.98 Å². The minimum atomic E-state index is -0.461. The van der Waals surface area contributed by atoms with E-state index < -0.39 is 4.92 Å². The predicted molar refractivity (Wildman–Crippen MR) is 104 cm³/mol. The number of thioether (sulfide) groups is 1. The summed E-state index contributed by atoms with van der Waals surface area (Å²) in [5, 5.41) is 17.1. The van der Waals surface area contributed by atoms with Crippen molar-refractivity contribution in [2.45, 2.75) is 24.9 Å². The van der Waals surface area contributed by atoms with Gasteiger partial charge < -0.3 is 15.6 Å². The van der Waals surface area contributed by atoms with Crippen molar-refractivity contribution < 1.29 is 9.72 Å². The Hall–Kier alpha value is -2.88. The first-order valence-corrected chi connectivity index (χ1v) is 9.52. The molecule has 0 saturated carbocycles. The van der Waals surface area contributed by atoms with Gasteiger partial charge in [0.1, 0.15) is 5.69 Å². The van der Waals surface area contributed by atoms with Gasteiger partial charge in [0.25, 0.3) is 11.2 Å². The zero-order valence-electron chi connectivity index (χ0n) is 15.1. The predicted octanol–water partition coefficient (Wildman–Crippen LogP) is 1.87. The number of para-hydroxylation sites is 2. The largest absolute Gasteiger partial charge is 0.378 e. The van der Waals surface area contributed by atoms with Crippen LogP contribution >= 0.6 is 11.8 Å². The standard InChI is InChI=1S/C17H21N5O4S/c1-11-12(16(24)21-17(20-11)27-2)7-8-15(23)19-10-9-18-13-5-3-4-6-14(13)22(25)26/h3-6,18H,7-10H2,1-2H3,(H,19,23)(H,20,21,24). The molecule has 1 aromatic carbocycles. The van der Waals surface area contributed by atoms with Crippen LogP contribution < -0.4 is 16.2 Å². The third kappa shape index (κ3) is 5.81. The number of hydrogen-bond donors (Lipinski definition) is 3. The monoisotopic (exact) mass is 391 g/mol. The van der Waals surface area contributed by atoms with Crippen molar-refractivity contribution in [3.63, 3.8) is 0 Å². The van der Waals surface area contributed by atoms with Gasteiger partial charge in [-0.2, -0.15) is 0 Å². The van der Waals surface area contributed by atoms with Gasteiger partial charge in [-0.1, -0.05) is 23.9 Å². The molecule has 0 unspecified atom stereocenters. The molecule has 0 spiro atoms. The summed E-state index contributed by atoms with van der Waals surface area (Å²) in [6.07, 6.45) is 2.28. The summed E-state index contributed by atoms with van der Waals surface area (Å²) in [6, 6.07) is 6.32. The van der Waals surface area contributed by atoms with Gasteiger partial charge >= 0.3 is 0 Å². The number of carbonyl (C=O) groups is 1. The first-order valence-electron chi connectivity index (χ1n) is 8.30. The average molecular weight is 391 g/mol. The van der Waals surface area contributed by atoms with E-state index in [0.717, 1.165) is 0 Å². The summed E-state index contributed by atoms with van der Waals surface area (Å²) in [5.74, 6) is -0.202. The summed E-state index contributed by atoms with van der Waals surface area (Å²) >= 11 is 1.35. The number of anilines is 1. The third-order valence-corrected chi connectivity index (χ3v) is 4.44. The number of aryl methyl sites for hydroxylation is 1. The highest BCUT2D eigenvalue weighted by molar-refractivity contribution is 7.98. The molecule has 2 aromatic rings. The fourth-order valence-corrected chi connectivity index (χ4v) is 2.91. The Morgan fingerprint density at radius 2 is 2.07 bits per heavy atom. The highest BCUT2D eigenvalue weighted by atomic mass is 32.2. The van der Waals surface area contributed by atoms with E-state index >= 15 is 0 Å². The number of aromatic nitrogens is 2. The van der Waals surface area contributed by atoms with Crippen molar-refractivity contribution in [3.8, 4) is 0 Å². The molecule has 0 aliphatic carbocycles. The number of amides is 1. The molecule has 0 aliphatic heterocycles. The van der Waals surface area contributed by atoms with Gasteiger partial charge in [0.15, 0.2) is 5.16 Å². The normalized spacial score (nSPS) is 10.4. The highest BCUT2D eigenvalue weighted by Crippen LogP contribution is 2.22. The Morgan fingerprint density at radius 3 is 2.74 bits per heavy atom. The lowest BCUT2D eigenvalue weighted by atomic mass is 10.1. The summed E-state index contributed by atoms with van der Waals surface area (Å²) in [6.45, 7) is 2.41. The van der Waals surface area contributed by atoms with E-state index in [1.807, 2.05) is 6.26 Å². The maximum absolute atomic E-state index is 12.0. The Bertz CT molecular complexity index is 884. The van der Waals surface area contributed by atoms with Gasteiger partial charge in [-0.3, -0.25) is 19.7 Å². The first kappa shape index (κ1) is 20.4. The van der Waals surface area contributed by atoms with Crippen molar-refractivity contribution in [3.05, 3.63) is 56.0 Å². The summed E-state index contributed by atoms with van der Waals surface area (Å²) in [7, 11) is 0. The number of nitrogens with one attached hydrogen (secondary N) is 3. The first-order chi connectivity index (χ1) is 12.9. The van der Waals surface area contributed by atoms with Crippen molar-refractivity contribution in [1.29, 1.82) is 0 Å². The summed E-state index contributed by atoms with van der Waals surface area (Å²) in [4.78, 5) is 41.4. The molecule has 3 N–H and O–H groups in total. The fraction of sp³-hybridized carbons (Fsp3) is 0.353. The van der Waals surface area contributed by atoms with E-state index in [4.69, 9.17) is 0 Å². The van der Waals surface area contributed by atoms with E-state index in [9.17, 15) is 19.7 Å². The number of nitro groups is 1. The minimum Gasteiger partial charge on any atom is -0.378 e. The van der Waals surface area contributed by atoms with Crippen LogP contribution in [0.3, 0.4) is 0 Å². The summed E-state index contributed by atoms with van der Waals surface area (Å²) in [5.41, 5.74) is 1.28. The Balaban J connectivity index is 1.79. The van der Waals surface area contributed by atoms with Crippen molar-refractivity contribution in [1.82, 2.24) is 15.3 Å². The number of rotatable bonds is 9. The quantitative estimate of drug-likeness (QED) is 0.196. The van der Waals surface area contributed by atoms with Gasteiger partial charge in [-0.05, 0) is 25.7 Å². The van der Waals surface area contributed by atoms with Gasteiger partial charge in [-0.15, -0.1) is 0 Å². The molecule has 27 heavy (non-hydrogen) atoms. The fourth-order valence-electron chi connectivity index (χ4n) is 2.48. The number of nitro benzene ring substituents is 1. The molecule has 1 aromatic heterocycles. The van der Waals surface area contributed by atoms with E-state index in [0.29, 0.717) is 41.6 Å². The maximum atomic E-state index is 12.0. The molecule has 0 radical (unpaired) electrons. The second kappa shape index (κ2) is 9.72. The molecular weight excluding hydrogens is 370 g/mol. The van der Waals surface area contributed by atoms with Crippen LogP contribution in [-0.2, 0) is 11.2 Å². The lowest BCUT2D eigenvalue weighted by Gasteiger charge is -2.09. The Kier molecular flexibility index (Phi) is 7.35. The number of aromatic amines is 1. The Morgan fingerprint density at radius 1 is 1.33 bits per heavy atom. The van der Waals surface area contributed by atoms with Crippen molar-refractivity contribution >= 4 is 29.0 Å². The summed E-state index contributed by atoms with van der Waals surface area (Å²) < 4.78 is 0. The zero-order valence-corrected chi connectivity index (χ0v) is 15.9. The molecule has 9 nitrogen and oxygen atoms in total. The number of nitrogens with zero attached hydrogens (tertiary/aromatic N) is 2. The van der Waals surface area contributed by atoms with E-state index in [2.05, 4.69) is 20.6 Å².